The van der Waals surface area contributed by atoms with Crippen LogP contribution < -0.4 is 0 Å². The molecule has 0 radical (unpaired) electrons. The van der Waals surface area contributed by atoms with Gasteiger partial charge in [-0.05, 0) is 50.2 Å². The van der Waals surface area contributed by atoms with Crippen molar-refractivity contribution in [2.24, 2.45) is 5.92 Å². The molecule has 2 rings (SSSR count). The van der Waals surface area contributed by atoms with Crippen LogP contribution in [0.3, 0.4) is 0 Å². The van der Waals surface area contributed by atoms with E-state index in [0.717, 1.165) is 43.2 Å². The quantitative estimate of drug-likeness (QED) is 0.278. The smallest absolute Gasteiger partial charge is 0.306 e. The number of benzene rings is 1. The molecule has 5 heteroatoms. The molecule has 0 amide bonds. The van der Waals surface area contributed by atoms with E-state index in [4.69, 9.17) is 16.3 Å². The van der Waals surface area contributed by atoms with Crippen molar-refractivity contribution in [1.82, 2.24) is 0 Å². The summed E-state index contributed by atoms with van der Waals surface area (Å²) in [5.41, 5.74) is 1.95. The number of esters is 1. The highest BCUT2D eigenvalue weighted by atomic mass is 35.5. The minimum atomic E-state index is -0.417. The molecule has 0 bridgehead atoms. The Morgan fingerprint density at radius 3 is 2.40 bits per heavy atom. The van der Waals surface area contributed by atoms with Crippen molar-refractivity contribution < 1.29 is 19.7 Å². The second-order valence-corrected chi connectivity index (χ2v) is 10.2. The highest BCUT2D eigenvalue weighted by molar-refractivity contribution is 6.21. The maximum absolute atomic E-state index is 11.6. The molecular formula is C25H39ClO4. The molecule has 1 aromatic rings. The third-order valence-corrected chi connectivity index (χ3v) is 6.82. The lowest BCUT2D eigenvalue weighted by Gasteiger charge is -2.26. The van der Waals surface area contributed by atoms with Crippen LogP contribution in [-0.2, 0) is 14.9 Å². The number of carbonyl (C=O) groups is 1. The second kappa shape index (κ2) is 11.5. The van der Waals surface area contributed by atoms with Crippen molar-refractivity contribution in [1.29, 1.82) is 0 Å². The molecule has 0 unspecified atom stereocenters. The highest BCUT2D eigenvalue weighted by Crippen LogP contribution is 2.45. The molecule has 1 aliphatic carbocycles. The molecule has 0 saturated heterocycles. The zero-order valence-corrected chi connectivity index (χ0v) is 19.7. The zero-order chi connectivity index (χ0) is 22.3. The Bertz CT molecular complexity index is 656. The molecule has 0 spiro atoms. The lowest BCUT2D eigenvalue weighted by atomic mass is 9.81. The van der Waals surface area contributed by atoms with Gasteiger partial charge in [-0.25, -0.2) is 0 Å². The van der Waals surface area contributed by atoms with Gasteiger partial charge < -0.3 is 14.9 Å². The van der Waals surface area contributed by atoms with Gasteiger partial charge in [0.2, 0.25) is 0 Å². The van der Waals surface area contributed by atoms with Gasteiger partial charge in [0.25, 0.3) is 0 Å². The molecule has 1 saturated carbocycles. The van der Waals surface area contributed by atoms with E-state index in [9.17, 15) is 15.0 Å². The van der Waals surface area contributed by atoms with E-state index < -0.39 is 6.10 Å². The van der Waals surface area contributed by atoms with Gasteiger partial charge in [0, 0.05) is 23.1 Å². The van der Waals surface area contributed by atoms with E-state index in [0.29, 0.717) is 12.8 Å². The van der Waals surface area contributed by atoms with Gasteiger partial charge in [0.15, 0.2) is 0 Å². The topological polar surface area (TPSA) is 66.8 Å². The van der Waals surface area contributed by atoms with Crippen molar-refractivity contribution >= 4 is 17.6 Å². The first-order valence-corrected chi connectivity index (χ1v) is 11.8. The molecule has 0 heterocycles. The maximum atomic E-state index is 11.6. The number of halogens is 1. The monoisotopic (exact) mass is 438 g/mol. The van der Waals surface area contributed by atoms with Gasteiger partial charge in [-0.1, -0.05) is 57.4 Å². The number of carbonyl (C=O) groups excluding carboxylic acids is 1. The number of aliphatic hydroxyl groups is 2. The molecule has 0 aliphatic heterocycles. The van der Waals surface area contributed by atoms with E-state index in [2.05, 4.69) is 24.3 Å². The van der Waals surface area contributed by atoms with Gasteiger partial charge in [-0.3, -0.25) is 4.79 Å². The summed E-state index contributed by atoms with van der Waals surface area (Å²) in [5.74, 6) is 0.196. The van der Waals surface area contributed by atoms with Crippen molar-refractivity contribution in [3.05, 3.63) is 35.4 Å². The van der Waals surface area contributed by atoms with E-state index in [1.807, 2.05) is 27.7 Å². The molecule has 170 valence electrons. The summed E-state index contributed by atoms with van der Waals surface area (Å²) < 4.78 is 5.17. The summed E-state index contributed by atoms with van der Waals surface area (Å²) >= 11 is 6.62. The van der Waals surface area contributed by atoms with Gasteiger partial charge in [-0.2, -0.15) is 0 Å². The third kappa shape index (κ3) is 6.96. The van der Waals surface area contributed by atoms with Crippen molar-refractivity contribution in [2.75, 3.05) is 6.61 Å². The van der Waals surface area contributed by atoms with E-state index in [-0.39, 0.29) is 41.3 Å². The van der Waals surface area contributed by atoms with Crippen LogP contribution >= 0.6 is 11.6 Å². The predicted octanol–water partition coefficient (Wildman–Crippen LogP) is 5.32. The Hall–Kier alpha value is -1.10. The lowest BCUT2D eigenvalue weighted by molar-refractivity contribution is -0.147. The Balaban J connectivity index is 1.87. The van der Waals surface area contributed by atoms with Crippen LogP contribution in [0, 0.1) is 5.92 Å². The summed E-state index contributed by atoms with van der Waals surface area (Å²) in [7, 11) is 0. The number of aliphatic hydroxyl groups excluding tert-OH is 2. The number of unbranched alkanes of at least 4 members (excludes halogenated alkanes) is 3. The standard InChI is InChI=1S/C25H39ClO4/c1-17(2)30-23(29)10-8-6-5-7-9-20-21(26)15-22(28)24(20)18-11-13-19(14-12-18)25(3,4)16-27/h11-14,17,20-22,24,27-28H,5-10,15-16H2,1-4H3/t20-,21+,22+,24+/m0/s1. The van der Waals surface area contributed by atoms with Crippen LogP contribution in [0.25, 0.3) is 0 Å². The summed E-state index contributed by atoms with van der Waals surface area (Å²) in [6.45, 7) is 7.88. The van der Waals surface area contributed by atoms with Crippen LogP contribution in [-0.4, -0.2) is 40.4 Å². The fraction of sp³-hybridized carbons (Fsp3) is 0.720. The van der Waals surface area contributed by atoms with Crippen LogP contribution in [0.1, 0.15) is 89.7 Å². The predicted molar refractivity (Wildman–Crippen MR) is 122 cm³/mol. The maximum Gasteiger partial charge on any atom is 0.306 e. The summed E-state index contributed by atoms with van der Waals surface area (Å²) in [6, 6.07) is 8.30. The fourth-order valence-corrected chi connectivity index (χ4v) is 4.93. The van der Waals surface area contributed by atoms with Gasteiger partial charge in [-0.15, -0.1) is 11.6 Å². The van der Waals surface area contributed by atoms with Crippen molar-refractivity contribution in [2.45, 2.75) is 102 Å². The molecule has 30 heavy (non-hydrogen) atoms. The molecule has 1 fully saturated rings. The van der Waals surface area contributed by atoms with Crippen LogP contribution in [0.15, 0.2) is 24.3 Å². The van der Waals surface area contributed by atoms with Gasteiger partial charge >= 0.3 is 5.97 Å². The average Bonchev–Trinajstić information content (AvgIpc) is 2.97. The minimum absolute atomic E-state index is 0.0143. The van der Waals surface area contributed by atoms with Crippen molar-refractivity contribution in [3.8, 4) is 0 Å². The molecule has 4 nitrogen and oxygen atoms in total. The van der Waals surface area contributed by atoms with E-state index >= 15 is 0 Å². The van der Waals surface area contributed by atoms with Crippen LogP contribution in [0.5, 0.6) is 0 Å². The SMILES string of the molecule is CC(C)OC(=O)CCCCCC[C@@H]1[C@@H](c2ccc(C(C)(C)CO)cc2)[C@H](O)C[C@H]1Cl. The first-order valence-electron chi connectivity index (χ1n) is 11.4. The normalized spacial score (nSPS) is 24.4. The largest absolute Gasteiger partial charge is 0.463 e. The fourth-order valence-electron chi connectivity index (χ4n) is 4.46. The zero-order valence-electron chi connectivity index (χ0n) is 18.9. The summed E-state index contributed by atoms with van der Waals surface area (Å²) in [5, 5.41) is 20.2. The number of ether oxygens (including phenoxy) is 1. The highest BCUT2D eigenvalue weighted by Gasteiger charge is 2.41. The number of hydrogen-bond acceptors (Lipinski definition) is 4. The molecule has 1 aliphatic rings. The molecule has 1 aromatic carbocycles. The molecule has 4 atom stereocenters. The van der Waals surface area contributed by atoms with E-state index in [1.54, 1.807) is 0 Å². The van der Waals surface area contributed by atoms with Gasteiger partial charge in [0.05, 0.1) is 18.8 Å². The molecule has 2 N–H and O–H groups in total. The average molecular weight is 439 g/mol. The van der Waals surface area contributed by atoms with Crippen molar-refractivity contribution in [3.63, 3.8) is 0 Å². The first-order chi connectivity index (χ1) is 14.2. The Morgan fingerprint density at radius 2 is 1.80 bits per heavy atom. The Labute approximate surface area is 187 Å². The first kappa shape index (κ1) is 25.2. The third-order valence-electron chi connectivity index (χ3n) is 6.31. The molecular weight excluding hydrogens is 400 g/mol. The number of hydrogen-bond donors (Lipinski definition) is 2. The summed E-state index contributed by atoms with van der Waals surface area (Å²) in [4.78, 5) is 11.6. The Kier molecular flexibility index (Phi) is 9.65. The number of alkyl halides is 1. The molecule has 0 aromatic heterocycles. The van der Waals surface area contributed by atoms with E-state index in [1.165, 1.54) is 0 Å². The second-order valence-electron chi connectivity index (χ2n) is 9.66. The lowest BCUT2D eigenvalue weighted by Crippen LogP contribution is -2.23. The van der Waals surface area contributed by atoms with Gasteiger partial charge in [0.1, 0.15) is 0 Å². The van der Waals surface area contributed by atoms with Crippen LogP contribution in [0.4, 0.5) is 0 Å². The summed E-state index contributed by atoms with van der Waals surface area (Å²) in [6.07, 6.45) is 5.59. The number of rotatable bonds is 11. The Morgan fingerprint density at radius 1 is 1.17 bits per heavy atom. The minimum Gasteiger partial charge on any atom is -0.463 e. The van der Waals surface area contributed by atoms with Crippen LogP contribution in [0.2, 0.25) is 0 Å².